The maximum absolute atomic E-state index is 14.9. The van der Waals surface area contributed by atoms with Crippen LogP contribution < -0.4 is 14.8 Å². The molecule has 1 aromatic carbocycles. The molecule has 3 aliphatic carbocycles. The summed E-state index contributed by atoms with van der Waals surface area (Å²) >= 11 is 0. The number of fused-ring (bicyclic) bond motifs is 3. The normalized spacial score (nSPS) is 21.5. The summed E-state index contributed by atoms with van der Waals surface area (Å²) in [5.41, 5.74) is 3.85. The number of ether oxygens (including phenoxy) is 1. The van der Waals surface area contributed by atoms with E-state index in [1.807, 2.05) is 0 Å². The van der Waals surface area contributed by atoms with E-state index in [1.165, 1.54) is 6.20 Å². The van der Waals surface area contributed by atoms with Crippen LogP contribution in [0.2, 0.25) is 0 Å². The second kappa shape index (κ2) is 7.68. The number of hydrogen-bond donors (Lipinski definition) is 3. The molecular formula is C23H29FN4O4S. The lowest BCUT2D eigenvalue weighted by Gasteiger charge is -2.33. The van der Waals surface area contributed by atoms with Crippen LogP contribution in [0.5, 0.6) is 5.88 Å². The minimum absolute atomic E-state index is 0.0396. The summed E-state index contributed by atoms with van der Waals surface area (Å²) in [6.45, 7) is 1.13. The number of benzene rings is 1. The van der Waals surface area contributed by atoms with E-state index in [0.29, 0.717) is 55.6 Å². The van der Waals surface area contributed by atoms with Crippen molar-refractivity contribution in [2.45, 2.75) is 82.0 Å². The van der Waals surface area contributed by atoms with Crippen LogP contribution in [-0.2, 0) is 42.3 Å². The minimum atomic E-state index is -4.09. The Bertz CT molecular complexity index is 1180. The molecule has 178 valence electrons. The Balaban J connectivity index is 1.24. The average Bonchev–Trinajstić information content (AvgIpc) is 3.57. The van der Waals surface area contributed by atoms with Crippen molar-refractivity contribution in [3.05, 3.63) is 34.3 Å². The van der Waals surface area contributed by atoms with Gasteiger partial charge in [0, 0.05) is 11.1 Å². The monoisotopic (exact) mass is 476 g/mol. The lowest BCUT2D eigenvalue weighted by atomic mass is 9.86. The number of anilines is 1. The predicted molar refractivity (Wildman–Crippen MR) is 119 cm³/mol. The molecular weight excluding hydrogens is 447 g/mol. The summed E-state index contributed by atoms with van der Waals surface area (Å²) in [6, 6.07) is 0. The van der Waals surface area contributed by atoms with Crippen molar-refractivity contribution < 1.29 is 22.7 Å². The molecule has 1 atom stereocenters. The van der Waals surface area contributed by atoms with Crippen LogP contribution >= 0.6 is 0 Å². The molecule has 1 aliphatic heterocycles. The summed E-state index contributed by atoms with van der Waals surface area (Å²) < 4.78 is 50.9. The molecule has 0 saturated heterocycles. The predicted octanol–water partition coefficient (Wildman–Crippen LogP) is 2.62. The van der Waals surface area contributed by atoms with Crippen molar-refractivity contribution in [3.8, 4) is 5.88 Å². The van der Waals surface area contributed by atoms with Gasteiger partial charge in [-0.25, -0.2) is 17.5 Å². The molecule has 6 rings (SSSR count). The van der Waals surface area contributed by atoms with Gasteiger partial charge in [-0.2, -0.15) is 9.82 Å². The van der Waals surface area contributed by atoms with Crippen molar-refractivity contribution in [2.24, 2.45) is 5.41 Å². The van der Waals surface area contributed by atoms with Crippen molar-refractivity contribution in [2.75, 3.05) is 11.9 Å². The molecule has 0 bridgehead atoms. The van der Waals surface area contributed by atoms with Crippen molar-refractivity contribution >= 4 is 15.7 Å². The summed E-state index contributed by atoms with van der Waals surface area (Å²) in [5.74, 6) is 0.107. The third-order valence-electron chi connectivity index (χ3n) is 7.83. The van der Waals surface area contributed by atoms with E-state index in [2.05, 4.69) is 15.1 Å². The molecule has 4 aliphatic rings. The average molecular weight is 477 g/mol. The topological polar surface area (TPSA) is 105 Å². The fourth-order valence-electron chi connectivity index (χ4n) is 6.25. The number of sulfonamides is 1. The Hall–Kier alpha value is -2.17. The van der Waals surface area contributed by atoms with Gasteiger partial charge in [0.15, 0.2) is 11.2 Å². The molecule has 0 amide bonds. The highest BCUT2D eigenvalue weighted by molar-refractivity contribution is 7.89. The zero-order chi connectivity index (χ0) is 22.8. The molecule has 1 aromatic heterocycles. The fourth-order valence-corrected chi connectivity index (χ4v) is 7.31. The van der Waals surface area contributed by atoms with E-state index in [4.69, 9.17) is 4.74 Å². The first kappa shape index (κ1) is 21.4. The van der Waals surface area contributed by atoms with Crippen molar-refractivity contribution in [3.63, 3.8) is 0 Å². The van der Waals surface area contributed by atoms with Crippen molar-refractivity contribution in [1.29, 1.82) is 0 Å². The van der Waals surface area contributed by atoms with Gasteiger partial charge in [-0.05, 0) is 73.6 Å². The molecule has 33 heavy (non-hydrogen) atoms. The molecule has 1 spiro atoms. The first-order chi connectivity index (χ1) is 15.9. The second-order valence-electron chi connectivity index (χ2n) is 9.95. The van der Waals surface area contributed by atoms with E-state index < -0.39 is 16.4 Å². The van der Waals surface area contributed by atoms with E-state index in [-0.39, 0.29) is 22.0 Å². The largest absolute Gasteiger partial charge is 0.476 e. The molecule has 8 nitrogen and oxygen atoms in total. The Morgan fingerprint density at radius 3 is 2.36 bits per heavy atom. The van der Waals surface area contributed by atoms with E-state index in [1.54, 1.807) is 4.68 Å². The lowest BCUT2D eigenvalue weighted by Crippen LogP contribution is -2.41. The fraction of sp³-hybridized carbons (Fsp3) is 0.609. The van der Waals surface area contributed by atoms with Crippen LogP contribution in [0.4, 0.5) is 10.1 Å². The van der Waals surface area contributed by atoms with Crippen LogP contribution in [0.15, 0.2) is 11.1 Å². The van der Waals surface area contributed by atoms with E-state index >= 15 is 0 Å². The molecule has 0 radical (unpaired) electrons. The highest BCUT2D eigenvalue weighted by Gasteiger charge is 2.41. The Morgan fingerprint density at radius 2 is 1.70 bits per heavy atom. The van der Waals surface area contributed by atoms with Crippen LogP contribution in [-0.4, -0.2) is 36.3 Å². The highest BCUT2D eigenvalue weighted by atomic mass is 32.2. The zero-order valence-electron chi connectivity index (χ0n) is 18.5. The molecule has 1 unspecified atom stereocenters. The van der Waals surface area contributed by atoms with Crippen LogP contribution in [0, 0.1) is 11.2 Å². The zero-order valence-corrected chi connectivity index (χ0v) is 19.3. The second-order valence-corrected chi connectivity index (χ2v) is 11.6. The van der Waals surface area contributed by atoms with Gasteiger partial charge in [0.25, 0.3) is 10.0 Å². The van der Waals surface area contributed by atoms with Crippen LogP contribution in [0.1, 0.15) is 60.8 Å². The summed E-state index contributed by atoms with van der Waals surface area (Å²) in [4.78, 5) is -0.0780. The molecule has 1 saturated carbocycles. The maximum Gasteiger partial charge on any atom is 0.251 e. The first-order valence-electron chi connectivity index (χ1n) is 11.9. The van der Waals surface area contributed by atoms with Gasteiger partial charge in [0.05, 0.1) is 19.3 Å². The van der Waals surface area contributed by atoms with Crippen LogP contribution in [0.25, 0.3) is 0 Å². The number of aliphatic hydroxyl groups is 1. The molecule has 2 heterocycles. The van der Waals surface area contributed by atoms with Crippen molar-refractivity contribution in [1.82, 2.24) is 14.5 Å². The van der Waals surface area contributed by atoms with Gasteiger partial charge in [-0.3, -0.25) is 0 Å². The van der Waals surface area contributed by atoms with Gasteiger partial charge in [-0.15, -0.1) is 0 Å². The maximum atomic E-state index is 14.9. The highest BCUT2D eigenvalue weighted by Crippen LogP contribution is 2.44. The third-order valence-corrected chi connectivity index (χ3v) is 9.22. The summed E-state index contributed by atoms with van der Waals surface area (Å²) in [5, 5.41) is 17.9. The Kier molecular flexibility index (Phi) is 4.97. The molecule has 1 fully saturated rings. The minimum Gasteiger partial charge on any atom is -0.476 e. The lowest BCUT2D eigenvalue weighted by molar-refractivity contribution is 0.0717. The van der Waals surface area contributed by atoms with E-state index in [9.17, 15) is 17.9 Å². The summed E-state index contributed by atoms with van der Waals surface area (Å²) in [6.07, 6.45) is 8.63. The molecule has 10 heteroatoms. The molecule has 2 aromatic rings. The SMILES string of the molecule is O=S(=O)(NC(O)Nc1c2c(c(F)c3c1CCC3)CCC2)c1cnn2c1OCC1(CCCC1)C2. The van der Waals surface area contributed by atoms with Gasteiger partial charge in [0.1, 0.15) is 5.82 Å². The smallest absolute Gasteiger partial charge is 0.251 e. The number of aliphatic hydroxyl groups excluding tert-OH is 1. The van der Waals surface area contributed by atoms with Gasteiger partial charge >= 0.3 is 0 Å². The first-order valence-corrected chi connectivity index (χ1v) is 13.4. The number of hydrogen-bond acceptors (Lipinski definition) is 6. The van der Waals surface area contributed by atoms with E-state index in [0.717, 1.165) is 49.7 Å². The van der Waals surface area contributed by atoms with Gasteiger partial charge in [-0.1, -0.05) is 12.8 Å². The number of halogens is 1. The Labute approximate surface area is 192 Å². The standard InChI is InChI=1S/C23H29FN4O4S/c24-19-14-5-3-7-16(14)20(17-8-4-6-15(17)19)26-22(29)27-33(30,31)18-11-25-28-12-23(9-1-2-10-23)13-32-21(18)28/h11,22,26-27,29H,1-10,12-13H2. The third kappa shape index (κ3) is 3.45. The summed E-state index contributed by atoms with van der Waals surface area (Å²) in [7, 11) is -4.09. The van der Waals surface area contributed by atoms with Gasteiger partial charge < -0.3 is 15.2 Å². The number of nitrogens with zero attached hydrogens (tertiary/aromatic N) is 2. The number of rotatable bonds is 5. The number of nitrogens with one attached hydrogen (secondary N) is 2. The quantitative estimate of drug-likeness (QED) is 0.573. The van der Waals surface area contributed by atoms with Crippen LogP contribution in [0.3, 0.4) is 0 Å². The molecule has 3 N–H and O–H groups in total. The van der Waals surface area contributed by atoms with Gasteiger partial charge in [0.2, 0.25) is 5.88 Å². The number of aromatic nitrogens is 2. The Morgan fingerprint density at radius 1 is 1.06 bits per heavy atom.